The number of amides is 2. The molecule has 2 amide bonds. The molecule has 0 aliphatic carbocycles. The zero-order valence-corrected chi connectivity index (χ0v) is 18.6. The molecule has 1 N–H and O–H groups in total. The minimum Gasteiger partial charge on any atom is -0.465 e. The summed E-state index contributed by atoms with van der Waals surface area (Å²) < 4.78 is 39.5. The molecule has 1 heterocycles. The van der Waals surface area contributed by atoms with Gasteiger partial charge in [0, 0.05) is 31.5 Å². The topological polar surface area (TPSA) is 60.9 Å². The minimum absolute atomic E-state index is 0.000912. The highest BCUT2D eigenvalue weighted by Gasteiger charge is 2.48. The molecule has 3 atom stereocenters. The molecule has 0 bridgehead atoms. The maximum atomic E-state index is 13.2. The summed E-state index contributed by atoms with van der Waals surface area (Å²) in [5.74, 6) is -2.78. The number of rotatable bonds is 5. The van der Waals surface area contributed by atoms with Gasteiger partial charge in [0.1, 0.15) is 0 Å². The van der Waals surface area contributed by atoms with E-state index in [1.165, 1.54) is 4.90 Å². The molecule has 3 aromatic carbocycles. The van der Waals surface area contributed by atoms with Crippen molar-refractivity contribution < 1.29 is 27.9 Å². The van der Waals surface area contributed by atoms with E-state index in [4.69, 9.17) is 0 Å². The summed E-state index contributed by atoms with van der Waals surface area (Å²) in [6.07, 6.45) is -6.13. The van der Waals surface area contributed by atoms with Crippen LogP contribution in [0.5, 0.6) is 0 Å². The summed E-state index contributed by atoms with van der Waals surface area (Å²) in [5, 5.41) is 12.0. The number of likely N-dealkylation sites (tertiary alicyclic amines) is 1. The van der Waals surface area contributed by atoms with Gasteiger partial charge in [0.25, 0.3) is 0 Å². The van der Waals surface area contributed by atoms with Gasteiger partial charge in [0.15, 0.2) is 0 Å². The molecule has 1 saturated heterocycles. The summed E-state index contributed by atoms with van der Waals surface area (Å²) in [4.78, 5) is 26.4. The lowest BCUT2D eigenvalue weighted by molar-refractivity contribution is -0.184. The third kappa shape index (κ3) is 4.71. The Balaban J connectivity index is 1.65. The van der Waals surface area contributed by atoms with Gasteiger partial charge in [-0.1, -0.05) is 72.8 Å². The number of nitrogens with zero attached hydrogens (tertiary/aromatic N) is 2. The summed E-state index contributed by atoms with van der Waals surface area (Å²) >= 11 is 0. The molecule has 1 fully saturated rings. The molecular weight excluding hydrogens is 445 g/mol. The quantitative estimate of drug-likeness (QED) is 0.522. The van der Waals surface area contributed by atoms with Crippen molar-refractivity contribution in [3.05, 3.63) is 83.9 Å². The fourth-order valence-electron chi connectivity index (χ4n) is 4.92. The van der Waals surface area contributed by atoms with E-state index in [0.29, 0.717) is 0 Å². The van der Waals surface area contributed by atoms with Crippen LogP contribution in [0.15, 0.2) is 72.8 Å². The lowest BCUT2D eigenvalue weighted by Crippen LogP contribution is -2.41. The van der Waals surface area contributed by atoms with Gasteiger partial charge in [-0.15, -0.1) is 0 Å². The number of carbonyl (C=O) groups excluding carboxylic acids is 1. The van der Waals surface area contributed by atoms with Crippen LogP contribution in [0.1, 0.15) is 30.0 Å². The summed E-state index contributed by atoms with van der Waals surface area (Å²) in [6.45, 7) is 1.51. The molecule has 5 nitrogen and oxygen atoms in total. The van der Waals surface area contributed by atoms with Crippen molar-refractivity contribution in [1.29, 1.82) is 0 Å². The third-order valence-electron chi connectivity index (χ3n) is 6.62. The second-order valence-corrected chi connectivity index (χ2v) is 8.66. The van der Waals surface area contributed by atoms with E-state index in [1.807, 2.05) is 42.5 Å². The highest BCUT2D eigenvalue weighted by atomic mass is 19.4. The first-order chi connectivity index (χ1) is 16.2. The molecule has 0 unspecified atom stereocenters. The Morgan fingerprint density at radius 2 is 1.65 bits per heavy atom. The molecule has 178 valence electrons. The Morgan fingerprint density at radius 1 is 1.00 bits per heavy atom. The van der Waals surface area contributed by atoms with Crippen LogP contribution in [-0.4, -0.2) is 52.7 Å². The second-order valence-electron chi connectivity index (χ2n) is 8.66. The number of hydrogen-bond acceptors (Lipinski definition) is 2. The SMILES string of the molecule is C[C@H](c1cccc2ccccc12)N(C[C@H]1CN(C(=O)C(F)(F)F)C[C@@H]1c1ccccc1)C(=O)O. The Hall–Kier alpha value is -3.55. The largest absolute Gasteiger partial charge is 0.471 e. The molecule has 4 rings (SSSR count). The molecule has 3 aromatic rings. The van der Waals surface area contributed by atoms with Crippen LogP contribution in [0.25, 0.3) is 10.8 Å². The lowest BCUT2D eigenvalue weighted by atomic mass is 9.88. The zero-order valence-electron chi connectivity index (χ0n) is 18.6. The number of carboxylic acid groups (broad SMARTS) is 1. The number of benzene rings is 3. The van der Waals surface area contributed by atoms with Crippen LogP contribution in [0.2, 0.25) is 0 Å². The van der Waals surface area contributed by atoms with Gasteiger partial charge in [-0.3, -0.25) is 4.79 Å². The molecule has 0 saturated carbocycles. The average molecular weight is 470 g/mol. The highest BCUT2D eigenvalue weighted by molar-refractivity contribution is 5.86. The molecule has 0 spiro atoms. The van der Waals surface area contributed by atoms with Crippen LogP contribution >= 0.6 is 0 Å². The van der Waals surface area contributed by atoms with E-state index in [1.54, 1.807) is 37.3 Å². The van der Waals surface area contributed by atoms with E-state index in [9.17, 15) is 27.9 Å². The van der Waals surface area contributed by atoms with E-state index >= 15 is 0 Å². The highest BCUT2D eigenvalue weighted by Crippen LogP contribution is 2.37. The fraction of sp³-hybridized carbons (Fsp3) is 0.308. The Labute approximate surface area is 195 Å². The standard InChI is InChI=1S/C26H25F3N2O3/c1-17(21-13-7-11-18-10-5-6-12-22(18)21)31(25(33)34)15-20-14-30(24(32)26(27,28)29)16-23(20)19-8-3-2-4-9-19/h2-13,17,20,23H,14-16H2,1H3,(H,33,34)/t17-,20-,23-/m1/s1. The smallest absolute Gasteiger partial charge is 0.465 e. The maximum absolute atomic E-state index is 13.2. The van der Waals surface area contributed by atoms with Crippen LogP contribution in [-0.2, 0) is 4.79 Å². The Kier molecular flexibility index (Phi) is 6.50. The summed E-state index contributed by atoms with van der Waals surface area (Å²) in [5.41, 5.74) is 1.60. The maximum Gasteiger partial charge on any atom is 0.471 e. The van der Waals surface area contributed by atoms with Gasteiger partial charge in [-0.2, -0.15) is 13.2 Å². The van der Waals surface area contributed by atoms with Crippen molar-refractivity contribution in [1.82, 2.24) is 9.80 Å². The van der Waals surface area contributed by atoms with Crippen LogP contribution in [0, 0.1) is 5.92 Å². The fourth-order valence-corrected chi connectivity index (χ4v) is 4.92. The number of fused-ring (bicyclic) bond motifs is 1. The van der Waals surface area contributed by atoms with Crippen molar-refractivity contribution in [2.75, 3.05) is 19.6 Å². The van der Waals surface area contributed by atoms with E-state index < -0.39 is 36.1 Å². The van der Waals surface area contributed by atoms with Crippen molar-refractivity contribution in [3.8, 4) is 0 Å². The molecular formula is C26H25F3N2O3. The van der Waals surface area contributed by atoms with Crippen LogP contribution in [0.3, 0.4) is 0 Å². The van der Waals surface area contributed by atoms with Gasteiger partial charge in [0.2, 0.25) is 0 Å². The Bertz CT molecular complexity index is 1180. The summed E-state index contributed by atoms with van der Waals surface area (Å²) in [7, 11) is 0. The minimum atomic E-state index is -4.97. The summed E-state index contributed by atoms with van der Waals surface area (Å²) in [6, 6.07) is 21.8. The molecule has 0 aromatic heterocycles. The molecule has 34 heavy (non-hydrogen) atoms. The normalized spacial score (nSPS) is 19.2. The number of halogens is 3. The van der Waals surface area contributed by atoms with Crippen molar-refractivity contribution in [3.63, 3.8) is 0 Å². The third-order valence-corrected chi connectivity index (χ3v) is 6.62. The first kappa shape index (κ1) is 23.6. The number of hydrogen-bond donors (Lipinski definition) is 1. The van der Waals surface area contributed by atoms with Crippen molar-refractivity contribution in [2.45, 2.75) is 25.1 Å². The van der Waals surface area contributed by atoms with Crippen molar-refractivity contribution >= 4 is 22.8 Å². The Morgan fingerprint density at radius 3 is 2.32 bits per heavy atom. The van der Waals surface area contributed by atoms with Gasteiger partial charge in [-0.25, -0.2) is 4.79 Å². The molecule has 1 aliphatic rings. The van der Waals surface area contributed by atoms with Gasteiger partial charge in [0.05, 0.1) is 6.04 Å². The number of alkyl halides is 3. The monoisotopic (exact) mass is 470 g/mol. The van der Waals surface area contributed by atoms with E-state index in [0.717, 1.165) is 26.8 Å². The van der Waals surface area contributed by atoms with Gasteiger partial charge in [-0.05, 0) is 28.8 Å². The first-order valence-electron chi connectivity index (χ1n) is 11.0. The van der Waals surface area contributed by atoms with E-state index in [2.05, 4.69) is 0 Å². The molecule has 1 aliphatic heterocycles. The average Bonchev–Trinajstić information content (AvgIpc) is 3.24. The second kappa shape index (κ2) is 9.37. The molecule has 8 heteroatoms. The predicted octanol–water partition coefficient (Wildman–Crippen LogP) is 5.69. The predicted molar refractivity (Wildman–Crippen MR) is 122 cm³/mol. The van der Waals surface area contributed by atoms with Crippen LogP contribution < -0.4 is 0 Å². The van der Waals surface area contributed by atoms with Gasteiger partial charge < -0.3 is 14.9 Å². The zero-order chi connectivity index (χ0) is 24.5. The van der Waals surface area contributed by atoms with Crippen molar-refractivity contribution in [2.24, 2.45) is 5.92 Å². The van der Waals surface area contributed by atoms with Crippen LogP contribution in [0.4, 0.5) is 18.0 Å². The van der Waals surface area contributed by atoms with Gasteiger partial charge >= 0.3 is 18.2 Å². The van der Waals surface area contributed by atoms with E-state index in [-0.39, 0.29) is 19.6 Å². The lowest BCUT2D eigenvalue weighted by Gasteiger charge is -2.31. The molecule has 0 radical (unpaired) electrons. The first-order valence-corrected chi connectivity index (χ1v) is 11.0. The number of carbonyl (C=O) groups is 2.